The minimum Gasteiger partial charge on any atom is -0.544 e. The fraction of sp³-hybridized carbons (Fsp3) is 0.833. The number of carboxylic acid groups (broad SMARTS) is 1. The molecular weight excluding hydrogens is 245 g/mol. The normalized spacial score (nSPS) is 18.1. The standard InChI is InChI=1S/C6H14NO6PS/c1-6(7,5(8)9)2-3-15(13)4-14(10,11)12/h2-4,7H2,1H3,(H,8,9)(H2,10,11,12). The second-order valence-electron chi connectivity index (χ2n) is 3.54. The molecule has 0 aromatic rings. The van der Waals surface area contributed by atoms with Gasteiger partial charge in [-0.25, -0.2) is 0 Å². The van der Waals surface area contributed by atoms with Crippen molar-refractivity contribution in [1.82, 2.24) is 0 Å². The number of quaternary nitrogens is 1. The topological polar surface area (TPSA) is 142 Å². The molecule has 0 saturated heterocycles. The van der Waals surface area contributed by atoms with Crippen LogP contribution in [0.2, 0.25) is 0 Å². The van der Waals surface area contributed by atoms with E-state index in [-0.39, 0.29) is 12.2 Å². The first-order valence-electron chi connectivity index (χ1n) is 4.01. The molecule has 0 aliphatic rings. The SMILES string of the molecule is CC([NH3+])(CCS(=O)CP(=O)(O)O)C(=O)[O-]. The predicted molar refractivity (Wildman–Crippen MR) is 50.8 cm³/mol. The van der Waals surface area contributed by atoms with E-state index in [1.807, 2.05) is 0 Å². The first-order valence-corrected chi connectivity index (χ1v) is 7.29. The van der Waals surface area contributed by atoms with Gasteiger partial charge in [-0.1, -0.05) is 0 Å². The van der Waals surface area contributed by atoms with E-state index in [1.54, 1.807) is 0 Å². The molecule has 7 nitrogen and oxygen atoms in total. The minimum absolute atomic E-state index is 0.0536. The molecule has 0 radical (unpaired) electrons. The zero-order valence-electron chi connectivity index (χ0n) is 8.21. The second kappa shape index (κ2) is 5.18. The molecule has 90 valence electrons. The highest BCUT2D eigenvalue weighted by atomic mass is 32.2. The monoisotopic (exact) mass is 259 g/mol. The molecule has 0 bridgehead atoms. The maximum atomic E-state index is 11.1. The highest BCUT2D eigenvalue weighted by Crippen LogP contribution is 2.35. The lowest BCUT2D eigenvalue weighted by Crippen LogP contribution is -2.78. The van der Waals surface area contributed by atoms with Crippen molar-refractivity contribution in [3.8, 4) is 0 Å². The van der Waals surface area contributed by atoms with E-state index in [4.69, 9.17) is 9.79 Å². The van der Waals surface area contributed by atoms with Crippen molar-refractivity contribution in [2.75, 3.05) is 11.2 Å². The third-order valence-electron chi connectivity index (χ3n) is 1.69. The van der Waals surface area contributed by atoms with E-state index in [0.29, 0.717) is 0 Å². The molecule has 0 rings (SSSR count). The van der Waals surface area contributed by atoms with Crippen molar-refractivity contribution < 1.29 is 34.2 Å². The van der Waals surface area contributed by atoms with Crippen LogP contribution in [0.1, 0.15) is 13.3 Å². The Morgan fingerprint density at radius 3 is 2.40 bits per heavy atom. The summed E-state index contributed by atoms with van der Waals surface area (Å²) in [4.78, 5) is 27.5. The summed E-state index contributed by atoms with van der Waals surface area (Å²) in [6, 6.07) is 0. The van der Waals surface area contributed by atoms with Gasteiger partial charge in [-0.05, 0) is 6.92 Å². The predicted octanol–water partition coefficient (Wildman–Crippen LogP) is -2.99. The van der Waals surface area contributed by atoms with Crippen LogP contribution in [0, 0.1) is 0 Å². The quantitative estimate of drug-likeness (QED) is 0.434. The molecule has 0 aliphatic heterocycles. The third kappa shape index (κ3) is 6.75. The molecule has 0 spiro atoms. The summed E-state index contributed by atoms with van der Waals surface area (Å²) in [5.74, 6) is -1.50. The molecule has 9 heteroatoms. The van der Waals surface area contributed by atoms with Gasteiger partial charge in [0.2, 0.25) is 0 Å². The van der Waals surface area contributed by atoms with Crippen LogP contribution >= 0.6 is 7.60 Å². The summed E-state index contributed by atoms with van der Waals surface area (Å²) in [5, 5.41) is 10.5. The van der Waals surface area contributed by atoms with Crippen molar-refractivity contribution in [3.63, 3.8) is 0 Å². The minimum atomic E-state index is -4.31. The van der Waals surface area contributed by atoms with E-state index in [1.165, 1.54) is 6.92 Å². The zero-order valence-corrected chi connectivity index (χ0v) is 9.92. The van der Waals surface area contributed by atoms with E-state index in [2.05, 4.69) is 5.73 Å². The lowest BCUT2D eigenvalue weighted by molar-refractivity contribution is -0.481. The molecule has 2 atom stereocenters. The van der Waals surface area contributed by atoms with Gasteiger partial charge in [0.1, 0.15) is 17.0 Å². The number of rotatable bonds is 6. The Balaban J connectivity index is 4.13. The summed E-state index contributed by atoms with van der Waals surface area (Å²) in [6.07, 6.45) is -0.0536. The molecule has 0 heterocycles. The Kier molecular flexibility index (Phi) is 5.08. The molecular formula is C6H14NO6PS. The fourth-order valence-corrected chi connectivity index (χ4v) is 3.39. The average molecular weight is 259 g/mol. The van der Waals surface area contributed by atoms with Crippen LogP contribution in [0.3, 0.4) is 0 Å². The van der Waals surface area contributed by atoms with Crippen molar-refractivity contribution in [1.29, 1.82) is 0 Å². The molecule has 0 aromatic carbocycles. The maximum absolute atomic E-state index is 11.1. The van der Waals surface area contributed by atoms with Crippen LogP contribution in [0.4, 0.5) is 0 Å². The number of carboxylic acids is 1. The summed E-state index contributed by atoms with van der Waals surface area (Å²) in [7, 11) is -6.06. The van der Waals surface area contributed by atoms with Gasteiger partial charge in [0, 0.05) is 23.0 Å². The van der Waals surface area contributed by atoms with Gasteiger partial charge in [0.25, 0.3) is 0 Å². The Hall–Kier alpha value is -0.270. The maximum Gasteiger partial charge on any atom is 0.337 e. The number of carbonyl (C=O) groups is 1. The van der Waals surface area contributed by atoms with Gasteiger partial charge in [-0.15, -0.1) is 0 Å². The van der Waals surface area contributed by atoms with Crippen LogP contribution in [-0.2, 0) is 20.2 Å². The van der Waals surface area contributed by atoms with Gasteiger partial charge in [-0.3, -0.25) is 8.77 Å². The average Bonchev–Trinajstić information content (AvgIpc) is 1.97. The van der Waals surface area contributed by atoms with E-state index >= 15 is 0 Å². The molecule has 0 aromatic heterocycles. The van der Waals surface area contributed by atoms with Crippen molar-refractivity contribution in [3.05, 3.63) is 0 Å². The Bertz CT molecular complexity index is 311. The largest absolute Gasteiger partial charge is 0.544 e. The first kappa shape index (κ1) is 14.7. The van der Waals surface area contributed by atoms with Gasteiger partial charge < -0.3 is 25.4 Å². The van der Waals surface area contributed by atoms with E-state index in [0.717, 1.165) is 0 Å². The van der Waals surface area contributed by atoms with Gasteiger partial charge in [0.05, 0.1) is 0 Å². The summed E-state index contributed by atoms with van der Waals surface area (Å²) >= 11 is 0. The number of hydrogen-bond donors (Lipinski definition) is 3. The first-order chi connectivity index (χ1) is 6.54. The molecule has 2 unspecified atom stereocenters. The van der Waals surface area contributed by atoms with Crippen molar-refractivity contribution >= 4 is 24.4 Å². The van der Waals surface area contributed by atoms with Crippen molar-refractivity contribution in [2.45, 2.75) is 18.9 Å². The van der Waals surface area contributed by atoms with E-state index in [9.17, 15) is 18.7 Å². The van der Waals surface area contributed by atoms with Crippen LogP contribution in [0.15, 0.2) is 0 Å². The molecule has 0 amide bonds. The number of hydrogen-bond acceptors (Lipinski definition) is 4. The zero-order chi connectivity index (χ0) is 12.3. The molecule has 0 saturated carbocycles. The molecule has 0 fully saturated rings. The Labute approximate surface area is 89.3 Å². The molecule has 0 aliphatic carbocycles. The van der Waals surface area contributed by atoms with Crippen molar-refractivity contribution in [2.24, 2.45) is 0 Å². The molecule has 5 N–H and O–H groups in total. The van der Waals surface area contributed by atoms with Gasteiger partial charge in [0.15, 0.2) is 0 Å². The summed E-state index contributed by atoms with van der Waals surface area (Å²) in [6.45, 7) is 1.30. The van der Waals surface area contributed by atoms with Crippen LogP contribution in [0.25, 0.3) is 0 Å². The summed E-state index contributed by atoms with van der Waals surface area (Å²) in [5.41, 5.74) is 1.21. The van der Waals surface area contributed by atoms with Gasteiger partial charge in [-0.2, -0.15) is 0 Å². The van der Waals surface area contributed by atoms with E-state index < -0.39 is 35.4 Å². The fourth-order valence-electron chi connectivity index (χ4n) is 0.693. The van der Waals surface area contributed by atoms with Gasteiger partial charge >= 0.3 is 7.60 Å². The Morgan fingerprint density at radius 1 is 1.60 bits per heavy atom. The number of aliphatic carboxylic acids is 1. The van der Waals surface area contributed by atoms with Crippen LogP contribution in [-0.4, -0.2) is 36.8 Å². The number of carbonyl (C=O) groups excluding carboxylic acids is 1. The lowest BCUT2D eigenvalue weighted by Gasteiger charge is -2.21. The third-order valence-corrected chi connectivity index (χ3v) is 4.84. The second-order valence-corrected chi connectivity index (χ2v) is 7.19. The van der Waals surface area contributed by atoms with Crippen LogP contribution in [0.5, 0.6) is 0 Å². The summed E-state index contributed by atoms with van der Waals surface area (Å²) < 4.78 is 21.6. The van der Waals surface area contributed by atoms with Crippen LogP contribution < -0.4 is 10.8 Å². The lowest BCUT2D eigenvalue weighted by atomic mass is 10.0. The highest BCUT2D eigenvalue weighted by molar-refractivity contribution is 7.92. The molecule has 15 heavy (non-hydrogen) atoms. The Morgan fingerprint density at radius 2 is 2.07 bits per heavy atom. The smallest absolute Gasteiger partial charge is 0.337 e. The highest BCUT2D eigenvalue weighted by Gasteiger charge is 2.26.